The van der Waals surface area contributed by atoms with Crippen LogP contribution in [0, 0.1) is 0 Å². The highest BCUT2D eigenvalue weighted by atomic mass is 35.5. The Kier molecular flexibility index (Phi) is 2.79. The third-order valence-electron chi connectivity index (χ3n) is 4.43. The molecule has 5 nitrogen and oxygen atoms in total. The Bertz CT molecular complexity index is 753. The summed E-state index contributed by atoms with van der Waals surface area (Å²) in [6.07, 6.45) is 0.648. The normalized spacial score (nSPS) is 17.3. The van der Waals surface area contributed by atoms with E-state index in [4.69, 9.17) is 16.3 Å². The molecule has 0 fully saturated rings. The molecule has 0 radical (unpaired) electrons. The lowest BCUT2D eigenvalue weighted by Crippen LogP contribution is -2.32. The fraction of sp³-hybridized carbons (Fsp3) is 0.400. The van der Waals surface area contributed by atoms with Gasteiger partial charge in [-0.3, -0.25) is 0 Å². The van der Waals surface area contributed by atoms with Gasteiger partial charge in [-0.25, -0.2) is 4.79 Å². The van der Waals surface area contributed by atoms with Crippen molar-refractivity contribution in [3.8, 4) is 5.75 Å². The first kappa shape index (κ1) is 12.8. The molecule has 0 spiro atoms. The number of carbonyl (C=O) groups is 1. The quantitative estimate of drug-likeness (QED) is 0.814. The van der Waals surface area contributed by atoms with Gasteiger partial charge in [0.1, 0.15) is 6.61 Å². The number of halogens is 1. The number of hydrogen-bond donors (Lipinski definition) is 1. The van der Waals surface area contributed by atoms with Crippen LogP contribution >= 0.6 is 11.6 Å². The van der Waals surface area contributed by atoms with Gasteiger partial charge >= 0.3 is 6.09 Å². The molecule has 0 saturated carbocycles. The van der Waals surface area contributed by atoms with Crippen LogP contribution < -0.4 is 4.74 Å². The first-order valence-electron chi connectivity index (χ1n) is 7.10. The largest absolute Gasteiger partial charge is 0.488 e. The number of rotatable bonds is 0. The van der Waals surface area contributed by atoms with Crippen molar-refractivity contribution in [1.82, 2.24) is 9.47 Å². The van der Waals surface area contributed by atoms with Crippen LogP contribution in [0.25, 0.3) is 10.9 Å². The number of carboxylic acid groups (broad SMARTS) is 1. The standard InChI is InChI=1S/C15H15ClN2O3/c16-11-2-1-10-9-3-5-17(15(19)20)6-4-12(9)18-7-8-21-14(11)13(10)18/h1-2H,3-8H2,(H,19,20). The fourth-order valence-electron chi connectivity index (χ4n) is 3.49. The van der Waals surface area contributed by atoms with Crippen molar-refractivity contribution in [2.45, 2.75) is 19.4 Å². The highest BCUT2D eigenvalue weighted by Gasteiger charge is 2.27. The Hall–Kier alpha value is -1.88. The maximum atomic E-state index is 11.2. The summed E-state index contributed by atoms with van der Waals surface area (Å²) < 4.78 is 8.00. The number of benzene rings is 1. The second-order valence-electron chi connectivity index (χ2n) is 5.47. The Morgan fingerprint density at radius 1 is 1.24 bits per heavy atom. The molecule has 0 unspecified atom stereocenters. The van der Waals surface area contributed by atoms with Crippen LogP contribution in [0.4, 0.5) is 4.79 Å². The Morgan fingerprint density at radius 2 is 2.05 bits per heavy atom. The monoisotopic (exact) mass is 306 g/mol. The van der Waals surface area contributed by atoms with Crippen molar-refractivity contribution in [2.24, 2.45) is 0 Å². The topological polar surface area (TPSA) is 54.7 Å². The molecule has 2 aliphatic heterocycles. The Balaban J connectivity index is 1.90. The van der Waals surface area contributed by atoms with Crippen LogP contribution in [0.2, 0.25) is 5.02 Å². The molecular weight excluding hydrogens is 292 g/mol. The van der Waals surface area contributed by atoms with Gasteiger partial charge in [-0.15, -0.1) is 0 Å². The van der Waals surface area contributed by atoms with Crippen LogP contribution in [0.1, 0.15) is 11.3 Å². The molecular formula is C15H15ClN2O3. The van der Waals surface area contributed by atoms with E-state index in [-0.39, 0.29) is 0 Å². The summed E-state index contributed by atoms with van der Waals surface area (Å²) >= 11 is 6.25. The van der Waals surface area contributed by atoms with E-state index in [1.54, 1.807) is 0 Å². The molecule has 1 aromatic heterocycles. The van der Waals surface area contributed by atoms with Gasteiger partial charge in [-0.05, 0) is 18.1 Å². The molecule has 0 atom stereocenters. The van der Waals surface area contributed by atoms with Gasteiger partial charge < -0.3 is 19.3 Å². The van der Waals surface area contributed by atoms with Crippen molar-refractivity contribution >= 4 is 28.6 Å². The van der Waals surface area contributed by atoms with Crippen molar-refractivity contribution in [2.75, 3.05) is 19.7 Å². The van der Waals surface area contributed by atoms with Gasteiger partial charge in [0.05, 0.1) is 17.1 Å². The lowest BCUT2D eigenvalue weighted by molar-refractivity contribution is 0.147. The zero-order valence-electron chi connectivity index (χ0n) is 11.4. The molecule has 6 heteroatoms. The molecule has 0 aliphatic carbocycles. The lowest BCUT2D eigenvalue weighted by Gasteiger charge is -2.21. The number of aromatic nitrogens is 1. The van der Waals surface area contributed by atoms with E-state index in [9.17, 15) is 9.90 Å². The average Bonchev–Trinajstić information content (AvgIpc) is 2.65. The van der Waals surface area contributed by atoms with E-state index in [1.165, 1.54) is 16.2 Å². The predicted molar refractivity (Wildman–Crippen MR) is 79.4 cm³/mol. The number of hydrogen-bond acceptors (Lipinski definition) is 2. The van der Waals surface area contributed by atoms with Crippen molar-refractivity contribution in [1.29, 1.82) is 0 Å². The van der Waals surface area contributed by atoms with Gasteiger partial charge in [-0.1, -0.05) is 17.7 Å². The van der Waals surface area contributed by atoms with Crippen molar-refractivity contribution in [3.63, 3.8) is 0 Å². The molecule has 110 valence electrons. The molecule has 0 bridgehead atoms. The maximum absolute atomic E-state index is 11.2. The molecule has 1 amide bonds. The summed E-state index contributed by atoms with van der Waals surface area (Å²) in [5.74, 6) is 0.767. The number of amides is 1. The van der Waals surface area contributed by atoms with Gasteiger partial charge in [0.25, 0.3) is 0 Å². The summed E-state index contributed by atoms with van der Waals surface area (Å²) in [5, 5.41) is 11.0. The summed E-state index contributed by atoms with van der Waals surface area (Å²) in [7, 11) is 0. The van der Waals surface area contributed by atoms with E-state index in [0.29, 0.717) is 24.7 Å². The summed E-state index contributed by atoms with van der Waals surface area (Å²) in [5.41, 5.74) is 3.56. The fourth-order valence-corrected chi connectivity index (χ4v) is 3.70. The van der Waals surface area contributed by atoms with Crippen LogP contribution in [-0.4, -0.2) is 40.4 Å². The maximum Gasteiger partial charge on any atom is 0.407 e. The molecule has 0 saturated heterocycles. The molecule has 1 N–H and O–H groups in total. The molecule has 2 aliphatic rings. The van der Waals surface area contributed by atoms with Gasteiger partial charge in [0, 0.05) is 30.6 Å². The van der Waals surface area contributed by atoms with E-state index in [2.05, 4.69) is 4.57 Å². The Morgan fingerprint density at radius 3 is 2.86 bits per heavy atom. The second-order valence-corrected chi connectivity index (χ2v) is 5.87. The minimum Gasteiger partial charge on any atom is -0.488 e. The van der Waals surface area contributed by atoms with E-state index < -0.39 is 6.09 Å². The zero-order chi connectivity index (χ0) is 14.6. The van der Waals surface area contributed by atoms with Gasteiger partial charge in [0.15, 0.2) is 5.75 Å². The first-order valence-corrected chi connectivity index (χ1v) is 7.47. The Labute approximate surface area is 126 Å². The van der Waals surface area contributed by atoms with Gasteiger partial charge in [0.2, 0.25) is 0 Å². The highest BCUT2D eigenvalue weighted by molar-refractivity contribution is 6.33. The molecule has 2 aromatic rings. The number of nitrogens with zero attached hydrogens (tertiary/aromatic N) is 2. The lowest BCUT2D eigenvalue weighted by atomic mass is 10.1. The van der Waals surface area contributed by atoms with Crippen molar-refractivity contribution < 1.29 is 14.6 Å². The second kappa shape index (κ2) is 4.56. The third-order valence-corrected chi connectivity index (χ3v) is 4.73. The van der Waals surface area contributed by atoms with Crippen molar-refractivity contribution in [3.05, 3.63) is 28.4 Å². The summed E-state index contributed by atoms with van der Waals surface area (Å²) in [6, 6.07) is 3.90. The molecule has 4 rings (SSSR count). The SMILES string of the molecule is O=C(O)N1CCc2c(n3c4c(c(Cl)ccc24)OCC3)CC1. The van der Waals surface area contributed by atoms with Crippen LogP contribution in [0.5, 0.6) is 5.75 Å². The van der Waals surface area contributed by atoms with Crippen LogP contribution in [0.3, 0.4) is 0 Å². The van der Waals surface area contributed by atoms with Crippen LogP contribution in [0.15, 0.2) is 12.1 Å². The van der Waals surface area contributed by atoms with Gasteiger partial charge in [-0.2, -0.15) is 0 Å². The first-order chi connectivity index (χ1) is 10.2. The smallest absolute Gasteiger partial charge is 0.407 e. The molecule has 1 aromatic carbocycles. The van der Waals surface area contributed by atoms with Crippen LogP contribution in [-0.2, 0) is 19.4 Å². The minimum absolute atomic E-state index is 0.542. The third kappa shape index (κ3) is 1.80. The number of ether oxygens (including phenoxy) is 1. The number of fused-ring (bicyclic) bond motifs is 3. The summed E-state index contributed by atoms with van der Waals surface area (Å²) in [6.45, 7) is 2.49. The predicted octanol–water partition coefficient (Wildman–Crippen LogP) is 2.77. The van der Waals surface area contributed by atoms with E-state index >= 15 is 0 Å². The molecule has 3 heterocycles. The van der Waals surface area contributed by atoms with E-state index in [1.807, 2.05) is 12.1 Å². The van der Waals surface area contributed by atoms with E-state index in [0.717, 1.165) is 36.0 Å². The minimum atomic E-state index is -0.838. The molecule has 21 heavy (non-hydrogen) atoms. The zero-order valence-corrected chi connectivity index (χ0v) is 12.2. The average molecular weight is 307 g/mol. The highest BCUT2D eigenvalue weighted by Crippen LogP contribution is 2.41. The summed E-state index contributed by atoms with van der Waals surface area (Å²) in [4.78, 5) is 12.7.